The molecule has 0 aliphatic heterocycles. The molecule has 0 unspecified atom stereocenters. The SMILES string of the molecule is C=CCCc1ccc(C#Cc2ccc3c(F)c(C#Cc4ccc(CCCCC)cc4)ccc3c2)cc1. The fourth-order valence-electron chi connectivity index (χ4n) is 4.11. The Kier molecular flexibility index (Phi) is 8.75. The van der Waals surface area contributed by atoms with Crippen molar-refractivity contribution in [1.82, 2.24) is 0 Å². The standard InChI is InChI=1S/C35H31F/c1-3-5-7-9-28-12-16-30(17-13-28)20-22-32-23-24-33-26-31(21-25-34(33)35(32)36)19-18-29-14-10-27(11-15-29)8-6-4-2/h4,10-17,21,23-26H,2-3,5-9H2,1H3. The first-order valence-electron chi connectivity index (χ1n) is 12.7. The predicted octanol–water partition coefficient (Wildman–Crippen LogP) is 8.63. The Morgan fingerprint density at radius 1 is 0.694 bits per heavy atom. The zero-order valence-electron chi connectivity index (χ0n) is 20.9. The summed E-state index contributed by atoms with van der Waals surface area (Å²) in [5.41, 5.74) is 5.72. The molecule has 0 radical (unpaired) electrons. The zero-order valence-corrected chi connectivity index (χ0v) is 20.9. The summed E-state index contributed by atoms with van der Waals surface area (Å²) in [4.78, 5) is 0. The van der Waals surface area contributed by atoms with Crippen LogP contribution >= 0.6 is 0 Å². The Labute approximate surface area is 214 Å². The number of unbranched alkanes of at least 4 members (excludes halogenated alkanes) is 2. The third-order valence-corrected chi connectivity index (χ3v) is 6.26. The number of fused-ring (bicyclic) bond motifs is 1. The van der Waals surface area contributed by atoms with Gasteiger partial charge in [0.2, 0.25) is 0 Å². The molecule has 4 aromatic carbocycles. The van der Waals surface area contributed by atoms with Crippen molar-refractivity contribution >= 4 is 10.8 Å². The van der Waals surface area contributed by atoms with E-state index in [1.54, 1.807) is 12.1 Å². The summed E-state index contributed by atoms with van der Waals surface area (Å²) in [6, 6.07) is 25.8. The highest BCUT2D eigenvalue weighted by molar-refractivity contribution is 5.86. The van der Waals surface area contributed by atoms with Crippen LogP contribution in [0.5, 0.6) is 0 Å². The number of hydrogen-bond acceptors (Lipinski definition) is 0. The van der Waals surface area contributed by atoms with Gasteiger partial charge in [0, 0.05) is 22.1 Å². The van der Waals surface area contributed by atoms with E-state index in [0.29, 0.717) is 10.9 Å². The first-order chi connectivity index (χ1) is 17.7. The van der Waals surface area contributed by atoms with Crippen LogP contribution < -0.4 is 0 Å². The van der Waals surface area contributed by atoms with E-state index < -0.39 is 0 Å². The van der Waals surface area contributed by atoms with E-state index in [9.17, 15) is 0 Å². The molecule has 1 heteroatoms. The molecule has 0 heterocycles. The largest absolute Gasteiger partial charge is 0.205 e. The van der Waals surface area contributed by atoms with Crippen molar-refractivity contribution in [3.8, 4) is 23.7 Å². The Morgan fingerprint density at radius 2 is 1.31 bits per heavy atom. The molecule has 4 aromatic rings. The highest BCUT2D eigenvalue weighted by Gasteiger charge is 2.06. The third kappa shape index (κ3) is 6.75. The molecule has 0 aromatic heterocycles. The van der Waals surface area contributed by atoms with Crippen molar-refractivity contribution in [3.05, 3.63) is 131 Å². The van der Waals surface area contributed by atoms with Crippen LogP contribution in [-0.2, 0) is 12.8 Å². The van der Waals surface area contributed by atoms with Crippen molar-refractivity contribution in [1.29, 1.82) is 0 Å². The van der Waals surface area contributed by atoms with Gasteiger partial charge >= 0.3 is 0 Å². The second kappa shape index (κ2) is 12.6. The summed E-state index contributed by atoms with van der Waals surface area (Å²) in [7, 11) is 0. The van der Waals surface area contributed by atoms with Crippen LogP contribution in [0.15, 0.2) is 91.5 Å². The summed E-state index contributed by atoms with van der Waals surface area (Å²) >= 11 is 0. The lowest BCUT2D eigenvalue weighted by Crippen LogP contribution is -1.88. The van der Waals surface area contributed by atoms with Gasteiger partial charge in [0.25, 0.3) is 0 Å². The number of aryl methyl sites for hydroxylation is 2. The van der Waals surface area contributed by atoms with Gasteiger partial charge < -0.3 is 0 Å². The van der Waals surface area contributed by atoms with Crippen molar-refractivity contribution in [2.24, 2.45) is 0 Å². The molecule has 0 aliphatic carbocycles. The Hall–Kier alpha value is -4.07. The quantitative estimate of drug-likeness (QED) is 0.144. The lowest BCUT2D eigenvalue weighted by Gasteiger charge is -2.03. The minimum atomic E-state index is -0.286. The normalized spacial score (nSPS) is 10.3. The topological polar surface area (TPSA) is 0 Å². The van der Waals surface area contributed by atoms with Crippen molar-refractivity contribution < 1.29 is 4.39 Å². The molecule has 0 saturated carbocycles. The molecule has 178 valence electrons. The monoisotopic (exact) mass is 470 g/mol. The molecule has 0 bridgehead atoms. The average Bonchev–Trinajstić information content (AvgIpc) is 2.92. The Bertz CT molecular complexity index is 1450. The smallest absolute Gasteiger partial charge is 0.146 e. The van der Waals surface area contributed by atoms with Gasteiger partial charge in [-0.05, 0) is 84.7 Å². The van der Waals surface area contributed by atoms with Gasteiger partial charge in [0.15, 0.2) is 0 Å². The van der Waals surface area contributed by atoms with Crippen molar-refractivity contribution in [2.45, 2.75) is 45.4 Å². The van der Waals surface area contributed by atoms with E-state index in [-0.39, 0.29) is 5.82 Å². The minimum Gasteiger partial charge on any atom is -0.205 e. The fraction of sp³-hybridized carbons (Fsp3) is 0.200. The van der Waals surface area contributed by atoms with Crippen LogP contribution in [-0.4, -0.2) is 0 Å². The molecule has 0 nitrogen and oxygen atoms in total. The van der Waals surface area contributed by atoms with E-state index in [0.717, 1.165) is 41.3 Å². The number of halogens is 1. The van der Waals surface area contributed by atoms with Crippen molar-refractivity contribution in [3.63, 3.8) is 0 Å². The summed E-state index contributed by atoms with van der Waals surface area (Å²) < 4.78 is 15.2. The second-order valence-electron chi connectivity index (χ2n) is 9.04. The molecule has 0 spiro atoms. The first kappa shape index (κ1) is 25.0. The van der Waals surface area contributed by atoms with Gasteiger partial charge in [-0.15, -0.1) is 6.58 Å². The molecule has 0 N–H and O–H groups in total. The van der Waals surface area contributed by atoms with Gasteiger partial charge in [0.1, 0.15) is 5.82 Å². The minimum absolute atomic E-state index is 0.286. The summed E-state index contributed by atoms with van der Waals surface area (Å²) in [5.74, 6) is 12.2. The summed E-state index contributed by atoms with van der Waals surface area (Å²) in [6.07, 6.45) is 8.67. The van der Waals surface area contributed by atoms with Crippen LogP contribution in [0.25, 0.3) is 10.8 Å². The van der Waals surface area contributed by atoms with Gasteiger partial charge in [-0.3, -0.25) is 0 Å². The van der Waals surface area contributed by atoms with Crippen LogP contribution in [0.2, 0.25) is 0 Å². The second-order valence-corrected chi connectivity index (χ2v) is 9.04. The zero-order chi connectivity index (χ0) is 25.2. The first-order valence-corrected chi connectivity index (χ1v) is 12.7. The molecule has 0 amide bonds. The van der Waals surface area contributed by atoms with E-state index in [4.69, 9.17) is 0 Å². The van der Waals surface area contributed by atoms with Crippen LogP contribution in [0, 0.1) is 29.5 Å². The highest BCUT2D eigenvalue weighted by atomic mass is 19.1. The molecule has 0 saturated heterocycles. The van der Waals surface area contributed by atoms with Crippen LogP contribution in [0.1, 0.15) is 66.0 Å². The molecular weight excluding hydrogens is 439 g/mol. The lowest BCUT2D eigenvalue weighted by molar-refractivity contribution is 0.636. The maximum atomic E-state index is 15.2. The van der Waals surface area contributed by atoms with Gasteiger partial charge in [-0.1, -0.05) is 85.9 Å². The summed E-state index contributed by atoms with van der Waals surface area (Å²) in [6.45, 7) is 5.98. The molecule has 4 rings (SSSR count). The van der Waals surface area contributed by atoms with Crippen LogP contribution in [0.4, 0.5) is 4.39 Å². The molecule has 0 fully saturated rings. The Balaban J connectivity index is 1.48. The van der Waals surface area contributed by atoms with Crippen LogP contribution in [0.3, 0.4) is 0 Å². The predicted molar refractivity (Wildman–Crippen MR) is 150 cm³/mol. The number of benzene rings is 4. The van der Waals surface area contributed by atoms with E-state index in [2.05, 4.69) is 61.4 Å². The lowest BCUT2D eigenvalue weighted by atomic mass is 10.0. The van der Waals surface area contributed by atoms with E-state index in [1.807, 2.05) is 48.5 Å². The van der Waals surface area contributed by atoms with E-state index in [1.165, 1.54) is 30.4 Å². The number of rotatable bonds is 7. The van der Waals surface area contributed by atoms with Gasteiger partial charge in [-0.2, -0.15) is 0 Å². The molecule has 0 atom stereocenters. The fourth-order valence-corrected chi connectivity index (χ4v) is 4.11. The molecular formula is C35H31F. The average molecular weight is 471 g/mol. The Morgan fingerprint density at radius 3 is 1.97 bits per heavy atom. The third-order valence-electron chi connectivity index (χ3n) is 6.26. The maximum absolute atomic E-state index is 15.2. The highest BCUT2D eigenvalue weighted by Crippen LogP contribution is 2.22. The summed E-state index contributed by atoms with van der Waals surface area (Å²) in [5, 5.41) is 1.38. The molecule has 36 heavy (non-hydrogen) atoms. The number of hydrogen-bond donors (Lipinski definition) is 0. The number of allylic oxidation sites excluding steroid dienone is 1. The van der Waals surface area contributed by atoms with Crippen molar-refractivity contribution in [2.75, 3.05) is 0 Å². The van der Waals surface area contributed by atoms with E-state index >= 15 is 4.39 Å². The maximum Gasteiger partial charge on any atom is 0.146 e. The van der Waals surface area contributed by atoms with Gasteiger partial charge in [-0.25, -0.2) is 4.39 Å². The van der Waals surface area contributed by atoms with Gasteiger partial charge in [0.05, 0.1) is 5.56 Å². The molecule has 0 aliphatic rings.